The molecule has 12 heteroatoms. The third-order valence-electron chi connectivity index (χ3n) is 7.35. The van der Waals surface area contributed by atoms with E-state index in [1.807, 2.05) is 19.9 Å². The Morgan fingerprint density at radius 1 is 1.00 bits per heavy atom. The van der Waals surface area contributed by atoms with Crippen LogP contribution in [0.2, 0.25) is 0 Å². The van der Waals surface area contributed by atoms with Crippen LogP contribution in [0.4, 0.5) is 4.79 Å². The molecule has 0 radical (unpaired) electrons. The third-order valence-corrected chi connectivity index (χ3v) is 7.35. The Kier molecular flexibility index (Phi) is 10.8. The molecular formula is C29H41N5O7. The van der Waals surface area contributed by atoms with Gasteiger partial charge in [-0.25, -0.2) is 9.69 Å². The topological polar surface area (TPSA) is 168 Å². The van der Waals surface area contributed by atoms with Gasteiger partial charge in [0.25, 0.3) is 0 Å². The summed E-state index contributed by atoms with van der Waals surface area (Å²) in [5.74, 6) is -3.09. The fourth-order valence-corrected chi connectivity index (χ4v) is 5.22. The van der Waals surface area contributed by atoms with E-state index < -0.39 is 59.8 Å². The summed E-state index contributed by atoms with van der Waals surface area (Å²) in [6, 6.07) is 5.12. The first-order valence-electron chi connectivity index (χ1n) is 14.1. The van der Waals surface area contributed by atoms with E-state index >= 15 is 0 Å². The SMILES string of the molecule is CC(C)C[C@H](NC(=O)[C@H](NC(=O)[C@@H]1CCC(=O)N1C(=O)OCc1ccccc1)C(C)C)C(=O)N1CCC[C@@H]1C(N)=O. The van der Waals surface area contributed by atoms with E-state index in [4.69, 9.17) is 10.5 Å². The van der Waals surface area contributed by atoms with Crippen LogP contribution in [-0.4, -0.2) is 76.1 Å². The molecule has 2 fully saturated rings. The van der Waals surface area contributed by atoms with E-state index in [-0.39, 0.29) is 31.3 Å². The molecule has 0 aromatic heterocycles. The average molecular weight is 572 g/mol. The van der Waals surface area contributed by atoms with Gasteiger partial charge in [-0.1, -0.05) is 58.0 Å². The van der Waals surface area contributed by atoms with E-state index in [0.29, 0.717) is 25.8 Å². The lowest BCUT2D eigenvalue weighted by Gasteiger charge is -2.31. The molecule has 1 aromatic carbocycles. The lowest BCUT2D eigenvalue weighted by atomic mass is 9.99. The highest BCUT2D eigenvalue weighted by Crippen LogP contribution is 2.22. The molecule has 2 saturated heterocycles. The zero-order chi connectivity index (χ0) is 30.3. The second-order valence-electron chi connectivity index (χ2n) is 11.4. The Morgan fingerprint density at radius 3 is 2.29 bits per heavy atom. The molecule has 1 aromatic rings. The first-order chi connectivity index (χ1) is 19.4. The summed E-state index contributed by atoms with van der Waals surface area (Å²) in [6.45, 7) is 7.59. The Balaban J connectivity index is 1.69. The van der Waals surface area contributed by atoms with Gasteiger partial charge < -0.3 is 26.0 Å². The van der Waals surface area contributed by atoms with Crippen molar-refractivity contribution >= 4 is 35.6 Å². The molecular weight excluding hydrogens is 530 g/mol. The predicted octanol–water partition coefficient (Wildman–Crippen LogP) is 1.46. The Bertz CT molecular complexity index is 1140. The van der Waals surface area contributed by atoms with Gasteiger partial charge in [-0.3, -0.25) is 24.0 Å². The van der Waals surface area contributed by atoms with Crippen LogP contribution in [0.25, 0.3) is 0 Å². The van der Waals surface area contributed by atoms with Crippen LogP contribution in [-0.2, 0) is 35.3 Å². The van der Waals surface area contributed by atoms with Crippen LogP contribution in [0.5, 0.6) is 0 Å². The zero-order valence-electron chi connectivity index (χ0n) is 24.1. The Hall–Kier alpha value is -3.96. The third kappa shape index (κ3) is 8.05. The van der Waals surface area contributed by atoms with E-state index in [9.17, 15) is 28.8 Å². The molecule has 0 spiro atoms. The van der Waals surface area contributed by atoms with Crippen molar-refractivity contribution in [3.63, 3.8) is 0 Å². The van der Waals surface area contributed by atoms with Crippen LogP contribution < -0.4 is 16.4 Å². The van der Waals surface area contributed by atoms with E-state index in [1.54, 1.807) is 38.1 Å². The number of benzene rings is 1. The van der Waals surface area contributed by atoms with Crippen LogP contribution >= 0.6 is 0 Å². The minimum atomic E-state index is -1.13. The molecule has 2 aliphatic rings. The van der Waals surface area contributed by atoms with E-state index in [2.05, 4.69) is 10.6 Å². The van der Waals surface area contributed by atoms with Crippen molar-refractivity contribution < 1.29 is 33.5 Å². The molecule has 4 N–H and O–H groups in total. The minimum absolute atomic E-state index is 0.0150. The summed E-state index contributed by atoms with van der Waals surface area (Å²) >= 11 is 0. The number of likely N-dealkylation sites (tertiary alicyclic amines) is 2. The highest BCUT2D eigenvalue weighted by Gasteiger charge is 2.43. The molecule has 0 bridgehead atoms. The molecule has 0 saturated carbocycles. The molecule has 12 nitrogen and oxygen atoms in total. The molecule has 41 heavy (non-hydrogen) atoms. The number of nitrogens with zero attached hydrogens (tertiary/aromatic N) is 2. The molecule has 224 valence electrons. The second-order valence-corrected chi connectivity index (χ2v) is 11.4. The number of nitrogens with one attached hydrogen (secondary N) is 2. The quantitative estimate of drug-likeness (QED) is 0.361. The maximum absolute atomic E-state index is 13.4. The fraction of sp³-hybridized carbons (Fsp3) is 0.586. The van der Waals surface area contributed by atoms with Crippen LogP contribution in [0.15, 0.2) is 30.3 Å². The molecule has 2 heterocycles. The lowest BCUT2D eigenvalue weighted by molar-refractivity contribution is -0.142. The maximum atomic E-state index is 13.4. The van der Waals surface area contributed by atoms with Gasteiger partial charge in [0, 0.05) is 13.0 Å². The molecule has 6 amide bonds. The number of amides is 6. The summed E-state index contributed by atoms with van der Waals surface area (Å²) in [4.78, 5) is 79.5. The predicted molar refractivity (Wildman–Crippen MR) is 149 cm³/mol. The van der Waals surface area contributed by atoms with Crippen molar-refractivity contribution in [2.45, 2.75) is 90.6 Å². The first-order valence-corrected chi connectivity index (χ1v) is 14.1. The van der Waals surface area contributed by atoms with Crippen LogP contribution in [0.1, 0.15) is 65.4 Å². The molecule has 4 atom stereocenters. The number of hydrogen-bond acceptors (Lipinski definition) is 7. The molecule has 0 unspecified atom stereocenters. The van der Waals surface area contributed by atoms with Gasteiger partial charge in [0.15, 0.2) is 0 Å². The summed E-state index contributed by atoms with van der Waals surface area (Å²) in [5.41, 5.74) is 6.22. The summed E-state index contributed by atoms with van der Waals surface area (Å²) in [7, 11) is 0. The number of carbonyl (C=O) groups excluding carboxylic acids is 6. The standard InChI is InChI=1S/C29H41N5O7/c1-17(2)15-20(28(39)33-14-8-11-21(33)25(30)36)31-27(38)24(18(3)4)32-26(37)22-12-13-23(35)34(22)29(40)41-16-19-9-6-5-7-10-19/h5-7,9-10,17-18,20-22,24H,8,11-16H2,1-4H3,(H2,30,36)(H,31,38)(H,32,37)/t20-,21+,22-,24+/m0/s1. The van der Waals surface area contributed by atoms with Gasteiger partial charge in [-0.05, 0) is 43.1 Å². The van der Waals surface area contributed by atoms with Gasteiger partial charge in [0.05, 0.1) is 0 Å². The highest BCUT2D eigenvalue weighted by molar-refractivity contribution is 6.02. The average Bonchev–Trinajstić information content (AvgIpc) is 3.57. The van der Waals surface area contributed by atoms with Crippen LogP contribution in [0, 0.1) is 11.8 Å². The number of hydrogen-bond donors (Lipinski definition) is 3. The van der Waals surface area contributed by atoms with Gasteiger partial charge in [-0.2, -0.15) is 0 Å². The van der Waals surface area contributed by atoms with Gasteiger partial charge in [0.1, 0.15) is 30.8 Å². The second kappa shape index (κ2) is 14.1. The number of ether oxygens (including phenoxy) is 1. The highest BCUT2D eigenvalue weighted by atomic mass is 16.6. The normalized spacial score (nSPS) is 20.2. The molecule has 0 aliphatic carbocycles. The first kappa shape index (κ1) is 31.6. The van der Waals surface area contributed by atoms with Crippen molar-refractivity contribution in [2.24, 2.45) is 17.6 Å². The number of primary amides is 1. The number of carbonyl (C=O) groups is 6. The number of imide groups is 1. The maximum Gasteiger partial charge on any atom is 0.417 e. The van der Waals surface area contributed by atoms with Gasteiger partial charge >= 0.3 is 6.09 Å². The summed E-state index contributed by atoms with van der Waals surface area (Å²) in [6.07, 6.45) is 0.576. The Labute approximate surface area is 240 Å². The molecule has 3 rings (SSSR count). The smallest absolute Gasteiger partial charge is 0.417 e. The minimum Gasteiger partial charge on any atom is -0.444 e. The van der Waals surface area contributed by atoms with E-state index in [1.165, 1.54) is 4.90 Å². The Morgan fingerprint density at radius 2 is 1.68 bits per heavy atom. The van der Waals surface area contributed by atoms with Crippen molar-refractivity contribution in [1.82, 2.24) is 20.4 Å². The van der Waals surface area contributed by atoms with Gasteiger partial charge in [-0.15, -0.1) is 0 Å². The summed E-state index contributed by atoms with van der Waals surface area (Å²) < 4.78 is 5.28. The monoisotopic (exact) mass is 571 g/mol. The van der Waals surface area contributed by atoms with Crippen molar-refractivity contribution in [3.05, 3.63) is 35.9 Å². The fourth-order valence-electron chi connectivity index (χ4n) is 5.22. The van der Waals surface area contributed by atoms with Crippen LogP contribution in [0.3, 0.4) is 0 Å². The number of rotatable bonds is 11. The number of nitrogens with two attached hydrogens (primary N) is 1. The largest absolute Gasteiger partial charge is 0.444 e. The molecule has 2 aliphatic heterocycles. The van der Waals surface area contributed by atoms with E-state index in [0.717, 1.165) is 10.5 Å². The lowest BCUT2D eigenvalue weighted by Crippen LogP contribution is -2.59. The van der Waals surface area contributed by atoms with Gasteiger partial charge in [0.2, 0.25) is 29.5 Å². The van der Waals surface area contributed by atoms with Crippen molar-refractivity contribution in [1.29, 1.82) is 0 Å². The van der Waals surface area contributed by atoms with Crippen molar-refractivity contribution in [2.75, 3.05) is 6.54 Å². The van der Waals surface area contributed by atoms with Crippen molar-refractivity contribution in [3.8, 4) is 0 Å². The zero-order valence-corrected chi connectivity index (χ0v) is 24.1. The summed E-state index contributed by atoms with van der Waals surface area (Å²) in [5, 5.41) is 5.45.